The zero-order chi connectivity index (χ0) is 30.6. The number of para-hydroxylation sites is 1. The van der Waals surface area contributed by atoms with Crippen LogP contribution in [0.15, 0.2) is 106 Å². The molecule has 2 heterocycles. The summed E-state index contributed by atoms with van der Waals surface area (Å²) in [7, 11) is 1.95. The summed E-state index contributed by atoms with van der Waals surface area (Å²) in [6.45, 7) is 1.87. The Balaban J connectivity index is 1.06. The lowest BCUT2D eigenvalue weighted by molar-refractivity contribution is 0.0997. The molecule has 0 aliphatic heterocycles. The first-order valence-corrected chi connectivity index (χ1v) is 14.6. The third-order valence-corrected chi connectivity index (χ3v) is 7.73. The molecule has 6 aromatic rings. The summed E-state index contributed by atoms with van der Waals surface area (Å²) >= 11 is 0. The quantitative estimate of drug-likeness (QED) is 0.177. The highest BCUT2D eigenvalue weighted by atomic mass is 16.3. The van der Waals surface area contributed by atoms with Crippen LogP contribution in [0.2, 0.25) is 0 Å². The number of amides is 2. The number of rotatable bonds is 9. The van der Waals surface area contributed by atoms with Crippen LogP contribution in [0.25, 0.3) is 21.9 Å². The highest BCUT2D eigenvalue weighted by Gasteiger charge is 2.18. The maximum absolute atomic E-state index is 13.3. The minimum absolute atomic E-state index is 0.133. The van der Waals surface area contributed by atoms with E-state index in [1.807, 2.05) is 49.1 Å². The summed E-state index contributed by atoms with van der Waals surface area (Å²) < 4.78 is 7.56. The highest BCUT2D eigenvalue weighted by molar-refractivity contribution is 6.12. The van der Waals surface area contributed by atoms with Crippen molar-refractivity contribution in [2.45, 2.75) is 32.6 Å². The summed E-state index contributed by atoms with van der Waals surface area (Å²) in [6, 6.07) is 27.4. The van der Waals surface area contributed by atoms with Crippen LogP contribution in [0.1, 0.15) is 50.4 Å². The van der Waals surface area contributed by atoms with E-state index in [0.717, 1.165) is 42.8 Å². The lowest BCUT2D eigenvalue weighted by Gasteiger charge is -2.13. The molecular formula is C36H32N4O4. The van der Waals surface area contributed by atoms with Gasteiger partial charge in [0.1, 0.15) is 5.58 Å². The second-order valence-corrected chi connectivity index (χ2v) is 11.0. The number of anilines is 2. The lowest BCUT2D eigenvalue weighted by atomic mass is 10.0. The molecule has 8 heteroatoms. The van der Waals surface area contributed by atoms with Crippen LogP contribution in [0.3, 0.4) is 0 Å². The molecule has 2 amide bonds. The van der Waals surface area contributed by atoms with Crippen molar-refractivity contribution in [1.29, 1.82) is 0 Å². The third-order valence-electron chi connectivity index (χ3n) is 7.73. The monoisotopic (exact) mass is 584 g/mol. The fourth-order valence-corrected chi connectivity index (χ4v) is 5.34. The van der Waals surface area contributed by atoms with E-state index in [2.05, 4.69) is 33.9 Å². The number of nitrogens with zero attached hydrogens (tertiary/aromatic N) is 2. The molecule has 220 valence electrons. The summed E-state index contributed by atoms with van der Waals surface area (Å²) in [5.41, 5.74) is 5.79. The van der Waals surface area contributed by atoms with Gasteiger partial charge in [-0.3, -0.25) is 19.1 Å². The summed E-state index contributed by atoms with van der Waals surface area (Å²) in [6.07, 6.45) is 6.00. The van der Waals surface area contributed by atoms with Crippen molar-refractivity contribution in [2.75, 3.05) is 10.6 Å². The molecule has 8 nitrogen and oxygen atoms in total. The molecule has 0 saturated heterocycles. The topological polar surface area (TPSA) is 106 Å². The normalized spacial score (nSPS) is 11.1. The minimum atomic E-state index is -0.616. The molecule has 0 aliphatic rings. The molecule has 2 aromatic heterocycles. The zero-order valence-electron chi connectivity index (χ0n) is 24.6. The van der Waals surface area contributed by atoms with Gasteiger partial charge in [0.05, 0.1) is 28.4 Å². The number of aromatic nitrogens is 2. The van der Waals surface area contributed by atoms with E-state index in [-0.39, 0.29) is 17.1 Å². The molecule has 0 atom stereocenters. The third kappa shape index (κ3) is 6.29. The van der Waals surface area contributed by atoms with Gasteiger partial charge in [0.15, 0.2) is 11.2 Å². The smallest absolute Gasteiger partial charge is 0.291 e. The van der Waals surface area contributed by atoms with Gasteiger partial charge in [-0.25, -0.2) is 0 Å². The van der Waals surface area contributed by atoms with E-state index >= 15 is 0 Å². The molecule has 0 unspecified atom stereocenters. The standard InChI is InChI=1S/C36H32N4O4/c1-23-11-17-28(30(19-23)39-36(43)34-21-32(41)29-9-5-6-10-33(29)44-34)35(42)38-27-15-12-24(13-16-27)7-3-4-8-25-14-18-31-26(20-25)22-37-40(31)2/h5-6,9-22H,3-4,7-8H2,1-2H3,(H,38,42)(H,39,43). The van der Waals surface area contributed by atoms with Gasteiger partial charge in [-0.2, -0.15) is 5.10 Å². The molecule has 4 aromatic carbocycles. The number of fused-ring (bicyclic) bond motifs is 2. The van der Waals surface area contributed by atoms with Crippen LogP contribution in [-0.2, 0) is 19.9 Å². The van der Waals surface area contributed by atoms with Crippen molar-refractivity contribution in [2.24, 2.45) is 7.05 Å². The van der Waals surface area contributed by atoms with E-state index in [1.165, 1.54) is 16.5 Å². The van der Waals surface area contributed by atoms with E-state index in [0.29, 0.717) is 27.9 Å². The Kier molecular flexibility index (Phi) is 8.06. The molecule has 0 saturated carbocycles. The number of carbonyl (C=O) groups is 2. The van der Waals surface area contributed by atoms with Crippen LogP contribution in [0, 0.1) is 6.92 Å². The Bertz CT molecular complexity index is 2060. The van der Waals surface area contributed by atoms with Crippen molar-refractivity contribution in [1.82, 2.24) is 9.78 Å². The van der Waals surface area contributed by atoms with Crippen LogP contribution < -0.4 is 16.1 Å². The Morgan fingerprint density at radius 3 is 2.39 bits per heavy atom. The number of benzene rings is 4. The van der Waals surface area contributed by atoms with Gasteiger partial charge >= 0.3 is 0 Å². The fraction of sp³-hybridized carbons (Fsp3) is 0.167. The maximum Gasteiger partial charge on any atom is 0.291 e. The minimum Gasteiger partial charge on any atom is -0.451 e. The number of hydrogen-bond donors (Lipinski definition) is 2. The van der Waals surface area contributed by atoms with Gasteiger partial charge in [-0.05, 0) is 97.8 Å². The van der Waals surface area contributed by atoms with Crippen LogP contribution in [0.4, 0.5) is 11.4 Å². The second kappa shape index (κ2) is 12.4. The van der Waals surface area contributed by atoms with Gasteiger partial charge in [0.25, 0.3) is 11.8 Å². The van der Waals surface area contributed by atoms with Gasteiger partial charge < -0.3 is 15.1 Å². The summed E-state index contributed by atoms with van der Waals surface area (Å²) in [4.78, 5) is 38.8. The molecule has 44 heavy (non-hydrogen) atoms. The van der Waals surface area contributed by atoms with E-state index in [1.54, 1.807) is 42.5 Å². The molecule has 0 bridgehead atoms. The number of hydrogen-bond acceptors (Lipinski definition) is 5. The zero-order valence-corrected chi connectivity index (χ0v) is 24.6. The fourth-order valence-electron chi connectivity index (χ4n) is 5.34. The highest BCUT2D eigenvalue weighted by Crippen LogP contribution is 2.22. The Labute approximate surface area is 254 Å². The van der Waals surface area contributed by atoms with Crippen molar-refractivity contribution in [3.63, 3.8) is 0 Å². The van der Waals surface area contributed by atoms with E-state index < -0.39 is 5.91 Å². The molecule has 0 fully saturated rings. The first-order chi connectivity index (χ1) is 21.3. The van der Waals surface area contributed by atoms with Gasteiger partial charge in [0.2, 0.25) is 0 Å². The van der Waals surface area contributed by atoms with Crippen molar-refractivity contribution in [3.8, 4) is 0 Å². The van der Waals surface area contributed by atoms with Crippen LogP contribution in [0.5, 0.6) is 0 Å². The number of aryl methyl sites for hydroxylation is 4. The predicted molar refractivity (Wildman–Crippen MR) is 173 cm³/mol. The molecular weight excluding hydrogens is 552 g/mol. The largest absolute Gasteiger partial charge is 0.451 e. The van der Waals surface area contributed by atoms with Gasteiger partial charge in [0, 0.05) is 24.2 Å². The van der Waals surface area contributed by atoms with Crippen molar-refractivity contribution in [3.05, 3.63) is 135 Å². The first kappa shape index (κ1) is 28.6. The molecule has 0 spiro atoms. The predicted octanol–water partition coefficient (Wildman–Crippen LogP) is 7.06. The maximum atomic E-state index is 13.3. The SMILES string of the molecule is Cc1ccc(C(=O)Nc2ccc(CCCCc3ccc4c(cnn4C)c3)cc2)c(NC(=O)c2cc(=O)c3ccccc3o2)c1. The average molecular weight is 585 g/mol. The molecule has 2 N–H and O–H groups in total. The van der Waals surface area contributed by atoms with Crippen LogP contribution in [-0.4, -0.2) is 21.6 Å². The Morgan fingerprint density at radius 2 is 1.57 bits per heavy atom. The average Bonchev–Trinajstić information content (AvgIpc) is 3.39. The summed E-state index contributed by atoms with van der Waals surface area (Å²) in [5, 5.41) is 11.6. The number of carbonyl (C=O) groups excluding carboxylic acids is 2. The number of unbranched alkanes of at least 4 members (excludes halogenated alkanes) is 1. The summed E-state index contributed by atoms with van der Waals surface area (Å²) in [5.74, 6) is -1.11. The first-order valence-electron chi connectivity index (χ1n) is 14.6. The molecule has 0 aliphatic carbocycles. The lowest BCUT2D eigenvalue weighted by Crippen LogP contribution is -2.19. The van der Waals surface area contributed by atoms with Crippen LogP contribution >= 0.6 is 0 Å². The van der Waals surface area contributed by atoms with E-state index in [9.17, 15) is 14.4 Å². The van der Waals surface area contributed by atoms with Gasteiger partial charge in [-0.1, -0.05) is 36.4 Å². The molecule has 6 rings (SSSR count). The van der Waals surface area contributed by atoms with Crippen molar-refractivity contribution >= 4 is 45.1 Å². The Morgan fingerprint density at radius 1 is 0.818 bits per heavy atom. The van der Waals surface area contributed by atoms with Crippen molar-refractivity contribution < 1.29 is 14.0 Å². The van der Waals surface area contributed by atoms with E-state index in [4.69, 9.17) is 4.42 Å². The molecule has 0 radical (unpaired) electrons. The Hall–Kier alpha value is -5.50. The number of nitrogens with one attached hydrogen (secondary N) is 2. The second-order valence-electron chi connectivity index (χ2n) is 11.0. The van der Waals surface area contributed by atoms with Gasteiger partial charge in [-0.15, -0.1) is 0 Å².